The van der Waals surface area contributed by atoms with E-state index in [-0.39, 0.29) is 35.6 Å². The first-order valence-electron chi connectivity index (χ1n) is 14.4. The van der Waals surface area contributed by atoms with E-state index in [2.05, 4.69) is 14.9 Å². The Bertz CT molecular complexity index is 1720. The summed E-state index contributed by atoms with van der Waals surface area (Å²) in [7, 11) is 6.70. The molecular weight excluding hydrogens is 694 g/mol. The van der Waals surface area contributed by atoms with Crippen LogP contribution in [-0.4, -0.2) is 58.4 Å². The van der Waals surface area contributed by atoms with Crippen LogP contribution in [0.4, 0.5) is 26.3 Å². The molecule has 276 valence electrons. The van der Waals surface area contributed by atoms with Crippen LogP contribution in [0.3, 0.4) is 0 Å². The van der Waals surface area contributed by atoms with E-state index in [1.807, 2.05) is 18.2 Å². The third kappa shape index (κ3) is 12.3. The maximum atomic E-state index is 13.2. The molecule has 51 heavy (non-hydrogen) atoms. The molecule has 0 bridgehead atoms. The number of halogens is 6. The van der Waals surface area contributed by atoms with Crippen LogP contribution in [0.15, 0.2) is 78.5 Å². The molecule has 0 aliphatic carbocycles. The predicted molar refractivity (Wildman–Crippen MR) is 170 cm³/mol. The van der Waals surface area contributed by atoms with Crippen LogP contribution in [0.25, 0.3) is 11.1 Å². The van der Waals surface area contributed by atoms with Crippen molar-refractivity contribution in [3.8, 4) is 5.88 Å². The van der Waals surface area contributed by atoms with Gasteiger partial charge < -0.3 is 33.3 Å². The van der Waals surface area contributed by atoms with Crippen LogP contribution in [0.2, 0.25) is 0 Å². The van der Waals surface area contributed by atoms with Crippen molar-refractivity contribution in [2.75, 3.05) is 35.5 Å². The van der Waals surface area contributed by atoms with Gasteiger partial charge in [-0.05, 0) is 22.8 Å². The fraction of sp³-hybridized carbons (Fsp3) is 0.294. The number of aromatic nitrogens is 1. The standard InChI is InChI=1S/C19H15F6NO4.C15H19NO5/c1-28-10-14(17(27)29-2)13-6-4-3-5-11(13)9-30-16-15(19(23,24)25)7-12(8-26-16)18(20,21)22;1-11(19-3)16-21-9-12-7-5-6-8-13(12)14(10-18-2)15(17)20-4/h3-8,10H,9H2,1-2H3;5-8,10H,9H2,1-4H3/b14-10+;14-10+,16-11+. The molecule has 3 rings (SSSR count). The summed E-state index contributed by atoms with van der Waals surface area (Å²) in [4.78, 5) is 32.2. The number of ether oxygens (including phenoxy) is 6. The molecule has 0 saturated heterocycles. The second-order valence-corrected chi connectivity index (χ2v) is 9.78. The third-order valence-corrected chi connectivity index (χ3v) is 6.45. The fourth-order valence-electron chi connectivity index (χ4n) is 4.02. The number of hydrogen-bond acceptors (Lipinski definition) is 11. The Morgan fingerprint density at radius 2 is 1.22 bits per heavy atom. The van der Waals surface area contributed by atoms with Crippen molar-refractivity contribution in [3.05, 3.63) is 107 Å². The van der Waals surface area contributed by atoms with E-state index in [0.29, 0.717) is 17.0 Å². The molecule has 0 aliphatic heterocycles. The zero-order chi connectivity index (χ0) is 38.2. The van der Waals surface area contributed by atoms with E-state index < -0.39 is 47.9 Å². The summed E-state index contributed by atoms with van der Waals surface area (Å²) in [6.45, 7) is 1.35. The molecule has 0 saturated carbocycles. The van der Waals surface area contributed by atoms with Gasteiger partial charge in [-0.1, -0.05) is 53.7 Å². The second kappa shape index (κ2) is 19.4. The van der Waals surface area contributed by atoms with Gasteiger partial charge in [0.1, 0.15) is 29.9 Å². The molecule has 11 nitrogen and oxygen atoms in total. The van der Waals surface area contributed by atoms with Crippen molar-refractivity contribution in [2.45, 2.75) is 32.5 Å². The van der Waals surface area contributed by atoms with Crippen molar-refractivity contribution in [1.29, 1.82) is 0 Å². The lowest BCUT2D eigenvalue weighted by atomic mass is 10.0. The first-order chi connectivity index (χ1) is 24.1. The van der Waals surface area contributed by atoms with Crippen LogP contribution < -0.4 is 4.74 Å². The van der Waals surface area contributed by atoms with Gasteiger partial charge in [-0.2, -0.15) is 26.3 Å². The number of carbonyl (C=O) groups excluding carboxylic acids is 2. The highest BCUT2D eigenvalue weighted by Crippen LogP contribution is 2.39. The molecule has 0 fully saturated rings. The molecule has 0 unspecified atom stereocenters. The quantitative estimate of drug-likeness (QED) is 0.0360. The normalized spacial score (nSPS) is 12.2. The Morgan fingerprint density at radius 1 is 0.725 bits per heavy atom. The highest BCUT2D eigenvalue weighted by atomic mass is 19.4. The largest absolute Gasteiger partial charge is 0.503 e. The second-order valence-electron chi connectivity index (χ2n) is 9.78. The minimum Gasteiger partial charge on any atom is -0.503 e. The highest BCUT2D eigenvalue weighted by Gasteiger charge is 2.40. The van der Waals surface area contributed by atoms with Crippen LogP contribution in [0, 0.1) is 0 Å². The zero-order valence-corrected chi connectivity index (χ0v) is 28.2. The minimum atomic E-state index is -5.13. The Morgan fingerprint density at radius 3 is 1.65 bits per heavy atom. The van der Waals surface area contributed by atoms with E-state index in [4.69, 9.17) is 28.5 Å². The fourth-order valence-corrected chi connectivity index (χ4v) is 4.02. The van der Waals surface area contributed by atoms with Crippen molar-refractivity contribution >= 4 is 29.0 Å². The number of methoxy groups -OCH3 is 5. The number of carbonyl (C=O) groups is 2. The lowest BCUT2D eigenvalue weighted by Gasteiger charge is -2.16. The van der Waals surface area contributed by atoms with Crippen molar-refractivity contribution in [2.24, 2.45) is 5.16 Å². The number of benzene rings is 2. The SMILES string of the molecule is CO/C=C(/C(=O)OC)c1ccccc1CO/N=C(\C)OC.CO/C=C(/C(=O)OC)c1ccccc1COc1ncc(C(F)(F)F)cc1C(F)(F)F. The topological polar surface area (TPSA) is 124 Å². The molecule has 1 heterocycles. The third-order valence-electron chi connectivity index (χ3n) is 6.45. The lowest BCUT2D eigenvalue weighted by Crippen LogP contribution is -2.15. The Kier molecular flexibility index (Phi) is 15.8. The number of hydrogen-bond donors (Lipinski definition) is 0. The van der Waals surface area contributed by atoms with Crippen molar-refractivity contribution in [3.63, 3.8) is 0 Å². The molecule has 2 aromatic carbocycles. The van der Waals surface area contributed by atoms with Gasteiger partial charge in [-0.25, -0.2) is 14.6 Å². The summed E-state index contributed by atoms with van der Waals surface area (Å²) in [5.41, 5.74) is -1.01. The van der Waals surface area contributed by atoms with Gasteiger partial charge in [-0.15, -0.1) is 0 Å². The first-order valence-corrected chi connectivity index (χ1v) is 14.4. The highest BCUT2D eigenvalue weighted by molar-refractivity contribution is 6.17. The van der Waals surface area contributed by atoms with Gasteiger partial charge in [0.15, 0.2) is 0 Å². The van der Waals surface area contributed by atoms with Crippen molar-refractivity contribution in [1.82, 2.24) is 4.98 Å². The molecule has 17 heteroatoms. The van der Waals surface area contributed by atoms with Crippen LogP contribution in [0.1, 0.15) is 40.3 Å². The Balaban J connectivity index is 0.000000377. The molecule has 0 atom stereocenters. The summed E-state index contributed by atoms with van der Waals surface area (Å²) in [5, 5.41) is 3.78. The van der Waals surface area contributed by atoms with E-state index >= 15 is 0 Å². The van der Waals surface area contributed by atoms with Gasteiger partial charge in [0.25, 0.3) is 0 Å². The molecular formula is C34H34F6N2O9. The molecule has 0 N–H and O–H groups in total. The number of alkyl halides is 6. The summed E-state index contributed by atoms with van der Waals surface area (Å²) in [6, 6.07) is 13.2. The number of pyridine rings is 1. The Hall–Kier alpha value is -5.74. The average Bonchev–Trinajstić information content (AvgIpc) is 3.11. The summed E-state index contributed by atoms with van der Waals surface area (Å²) < 4.78 is 107. The lowest BCUT2D eigenvalue weighted by molar-refractivity contribution is -0.144. The van der Waals surface area contributed by atoms with Crippen LogP contribution in [0.5, 0.6) is 5.88 Å². The average molecular weight is 729 g/mol. The van der Waals surface area contributed by atoms with E-state index in [1.54, 1.807) is 19.1 Å². The van der Waals surface area contributed by atoms with Gasteiger partial charge >= 0.3 is 24.3 Å². The summed E-state index contributed by atoms with van der Waals surface area (Å²) >= 11 is 0. The molecule has 0 radical (unpaired) electrons. The molecule has 3 aromatic rings. The van der Waals surface area contributed by atoms with E-state index in [9.17, 15) is 35.9 Å². The molecule has 0 spiro atoms. The van der Waals surface area contributed by atoms with Crippen molar-refractivity contribution < 1.29 is 69.2 Å². The monoisotopic (exact) mass is 728 g/mol. The maximum Gasteiger partial charge on any atom is 0.421 e. The number of esters is 2. The summed E-state index contributed by atoms with van der Waals surface area (Å²) in [5.74, 6) is -1.87. The van der Waals surface area contributed by atoms with E-state index in [0.717, 1.165) is 18.9 Å². The maximum absolute atomic E-state index is 13.2. The minimum absolute atomic E-state index is 0.0318. The first kappa shape index (κ1) is 41.4. The van der Waals surface area contributed by atoms with Gasteiger partial charge in [0.2, 0.25) is 11.8 Å². The van der Waals surface area contributed by atoms with Gasteiger partial charge in [0.05, 0.1) is 53.6 Å². The van der Waals surface area contributed by atoms with Crippen LogP contribution in [-0.2, 0) is 63.7 Å². The number of rotatable bonds is 12. The molecule has 1 aromatic heterocycles. The van der Waals surface area contributed by atoms with Gasteiger partial charge in [-0.3, -0.25) is 0 Å². The van der Waals surface area contributed by atoms with Crippen LogP contribution >= 0.6 is 0 Å². The summed E-state index contributed by atoms with van der Waals surface area (Å²) in [6.07, 6.45) is -7.45. The number of nitrogens with zero attached hydrogens (tertiary/aromatic N) is 2. The Labute approximate surface area is 289 Å². The van der Waals surface area contributed by atoms with Gasteiger partial charge in [0, 0.05) is 18.7 Å². The number of oxime groups is 1. The molecule has 0 aliphatic rings. The molecule has 0 amide bonds. The predicted octanol–water partition coefficient (Wildman–Crippen LogP) is 7.20. The smallest absolute Gasteiger partial charge is 0.421 e. The zero-order valence-electron chi connectivity index (χ0n) is 28.2. The van der Waals surface area contributed by atoms with E-state index in [1.165, 1.54) is 52.9 Å².